The lowest BCUT2D eigenvalue weighted by molar-refractivity contribution is 0.576. The van der Waals surface area contributed by atoms with Gasteiger partial charge in [0.2, 0.25) is 10.0 Å². The zero-order valence-corrected chi connectivity index (χ0v) is 13.4. The summed E-state index contributed by atoms with van der Waals surface area (Å²) < 4.78 is 25.6. The SMILES string of the molecule is O=S(=O)(NCc1[c]cc(Cl)cc1)C(Cl)Cc1ccccc1. The normalized spacial score (nSPS) is 13.0. The number of alkyl halides is 1. The van der Waals surface area contributed by atoms with Crippen LogP contribution in [0.15, 0.2) is 48.5 Å². The molecule has 0 spiro atoms. The van der Waals surface area contributed by atoms with Crippen LogP contribution in [0.1, 0.15) is 11.1 Å². The van der Waals surface area contributed by atoms with Crippen LogP contribution in [0.5, 0.6) is 0 Å². The summed E-state index contributed by atoms with van der Waals surface area (Å²) in [5, 5.41) is 0.556. The van der Waals surface area contributed by atoms with E-state index < -0.39 is 14.7 Å². The van der Waals surface area contributed by atoms with E-state index >= 15 is 0 Å². The molecule has 2 aromatic rings. The van der Waals surface area contributed by atoms with Gasteiger partial charge in [-0.2, -0.15) is 0 Å². The summed E-state index contributed by atoms with van der Waals surface area (Å²) in [6.07, 6.45) is 0.252. The molecule has 0 aliphatic rings. The Labute approximate surface area is 135 Å². The van der Waals surface area contributed by atoms with Crippen LogP contribution in [0.2, 0.25) is 5.02 Å². The van der Waals surface area contributed by atoms with Gasteiger partial charge in [-0.15, -0.1) is 11.6 Å². The van der Waals surface area contributed by atoms with Crippen LogP contribution in [0.25, 0.3) is 0 Å². The monoisotopic (exact) mass is 342 g/mol. The Morgan fingerprint density at radius 2 is 1.86 bits per heavy atom. The zero-order valence-electron chi connectivity index (χ0n) is 11.1. The number of hydrogen-bond acceptors (Lipinski definition) is 2. The second-order valence-corrected chi connectivity index (χ2v) is 7.67. The van der Waals surface area contributed by atoms with Crippen molar-refractivity contribution in [1.82, 2.24) is 4.72 Å². The molecule has 3 nitrogen and oxygen atoms in total. The lowest BCUT2D eigenvalue weighted by Gasteiger charge is -2.12. The Morgan fingerprint density at radius 3 is 2.48 bits per heavy atom. The molecule has 0 heterocycles. The van der Waals surface area contributed by atoms with Gasteiger partial charge in [-0.3, -0.25) is 0 Å². The number of sulfonamides is 1. The highest BCUT2D eigenvalue weighted by atomic mass is 35.5. The molecule has 0 fully saturated rings. The van der Waals surface area contributed by atoms with Gasteiger partial charge in [-0.1, -0.05) is 48.0 Å². The summed E-state index contributed by atoms with van der Waals surface area (Å²) in [6, 6.07) is 17.1. The second kappa shape index (κ2) is 7.27. The number of rotatable bonds is 6. The van der Waals surface area contributed by atoms with Crippen molar-refractivity contribution >= 4 is 33.2 Å². The molecule has 6 heteroatoms. The van der Waals surface area contributed by atoms with E-state index in [0.717, 1.165) is 5.56 Å². The summed E-state index contributed by atoms with van der Waals surface area (Å²) in [6.45, 7) is 0.136. The van der Waals surface area contributed by atoms with E-state index in [9.17, 15) is 8.42 Å². The first kappa shape index (κ1) is 16.3. The van der Waals surface area contributed by atoms with Gasteiger partial charge in [0.15, 0.2) is 4.71 Å². The van der Waals surface area contributed by atoms with Gasteiger partial charge in [-0.25, -0.2) is 13.1 Å². The Hall–Kier alpha value is -1.07. The van der Waals surface area contributed by atoms with Crippen molar-refractivity contribution in [1.29, 1.82) is 0 Å². The standard InChI is InChI=1S/C15H14Cl2NO2S/c16-14-8-6-13(7-9-14)11-18-21(19,20)15(17)10-12-4-2-1-3-5-12/h1-6,8-9,15,18H,10-11H2. The van der Waals surface area contributed by atoms with Crippen LogP contribution in [0.4, 0.5) is 0 Å². The lowest BCUT2D eigenvalue weighted by atomic mass is 10.2. The Morgan fingerprint density at radius 1 is 1.14 bits per heavy atom. The van der Waals surface area contributed by atoms with Crippen molar-refractivity contribution in [2.24, 2.45) is 0 Å². The summed E-state index contributed by atoms with van der Waals surface area (Å²) in [5.74, 6) is 0. The van der Waals surface area contributed by atoms with Gasteiger partial charge in [0.25, 0.3) is 0 Å². The van der Waals surface area contributed by atoms with E-state index in [4.69, 9.17) is 23.2 Å². The molecule has 0 aromatic heterocycles. The van der Waals surface area contributed by atoms with Crippen molar-refractivity contribution in [3.63, 3.8) is 0 Å². The van der Waals surface area contributed by atoms with E-state index in [2.05, 4.69) is 10.8 Å². The molecule has 2 aromatic carbocycles. The van der Waals surface area contributed by atoms with E-state index in [1.165, 1.54) is 0 Å². The minimum absolute atomic E-state index is 0.136. The van der Waals surface area contributed by atoms with Gasteiger partial charge in [0.05, 0.1) is 0 Å². The van der Waals surface area contributed by atoms with E-state index in [0.29, 0.717) is 10.6 Å². The molecule has 0 saturated heterocycles. The van der Waals surface area contributed by atoms with Crippen LogP contribution in [0.3, 0.4) is 0 Å². The zero-order chi connectivity index (χ0) is 15.3. The highest BCUT2D eigenvalue weighted by Crippen LogP contribution is 2.14. The van der Waals surface area contributed by atoms with Gasteiger partial charge < -0.3 is 0 Å². The minimum atomic E-state index is -3.60. The summed E-state index contributed by atoms with van der Waals surface area (Å²) in [4.78, 5) is 0. The number of nitrogens with one attached hydrogen (secondary N) is 1. The molecule has 0 bridgehead atoms. The Kier molecular flexibility index (Phi) is 5.65. The van der Waals surface area contributed by atoms with Crippen LogP contribution >= 0.6 is 23.2 Å². The van der Waals surface area contributed by atoms with Crippen LogP contribution in [-0.4, -0.2) is 13.1 Å². The third-order valence-electron chi connectivity index (χ3n) is 2.88. The topological polar surface area (TPSA) is 46.2 Å². The maximum Gasteiger partial charge on any atom is 0.229 e. The van der Waals surface area contributed by atoms with Crippen molar-refractivity contribution in [2.45, 2.75) is 17.7 Å². The molecule has 1 atom stereocenters. The number of benzene rings is 2. The predicted molar refractivity (Wildman–Crippen MR) is 85.8 cm³/mol. The fourth-order valence-electron chi connectivity index (χ4n) is 1.73. The molecule has 1 unspecified atom stereocenters. The third kappa shape index (κ3) is 5.00. The van der Waals surface area contributed by atoms with Crippen LogP contribution in [0, 0.1) is 6.07 Å². The maximum absolute atomic E-state index is 12.1. The fourth-order valence-corrected chi connectivity index (χ4v) is 3.16. The fraction of sp³-hybridized carbons (Fsp3) is 0.200. The molecular formula is C15H14Cl2NO2S. The summed E-state index contributed by atoms with van der Waals surface area (Å²) in [5.41, 5.74) is 1.58. The summed E-state index contributed by atoms with van der Waals surface area (Å²) >= 11 is 11.8. The average Bonchev–Trinajstić information content (AvgIpc) is 2.48. The molecule has 0 amide bonds. The van der Waals surface area contributed by atoms with Crippen LogP contribution in [-0.2, 0) is 23.0 Å². The van der Waals surface area contributed by atoms with Gasteiger partial charge in [0.1, 0.15) is 0 Å². The molecule has 111 valence electrons. The van der Waals surface area contributed by atoms with Crippen molar-refractivity contribution in [3.8, 4) is 0 Å². The second-order valence-electron chi connectivity index (χ2n) is 4.50. The van der Waals surface area contributed by atoms with E-state index in [-0.39, 0.29) is 13.0 Å². The van der Waals surface area contributed by atoms with Crippen LogP contribution < -0.4 is 4.72 Å². The Bertz CT molecular complexity index is 673. The van der Waals surface area contributed by atoms with Crippen molar-refractivity contribution in [2.75, 3.05) is 0 Å². The Balaban J connectivity index is 1.96. The lowest BCUT2D eigenvalue weighted by Crippen LogP contribution is -2.32. The first-order chi connectivity index (χ1) is 9.97. The molecule has 0 saturated carbocycles. The maximum atomic E-state index is 12.1. The summed E-state index contributed by atoms with van der Waals surface area (Å²) in [7, 11) is -3.60. The molecule has 1 N–H and O–H groups in total. The van der Waals surface area contributed by atoms with E-state index in [1.54, 1.807) is 18.2 Å². The molecule has 1 radical (unpaired) electrons. The molecular weight excluding hydrogens is 329 g/mol. The highest BCUT2D eigenvalue weighted by Gasteiger charge is 2.22. The molecule has 0 aliphatic carbocycles. The highest BCUT2D eigenvalue weighted by molar-refractivity contribution is 7.91. The van der Waals surface area contributed by atoms with Gasteiger partial charge >= 0.3 is 0 Å². The molecule has 0 aliphatic heterocycles. The first-order valence-corrected chi connectivity index (χ1v) is 8.66. The first-order valence-electron chi connectivity index (χ1n) is 6.30. The predicted octanol–water partition coefficient (Wildman–Crippen LogP) is 3.37. The van der Waals surface area contributed by atoms with Gasteiger partial charge in [-0.05, 0) is 29.3 Å². The molecule has 2 rings (SSSR count). The van der Waals surface area contributed by atoms with Crippen molar-refractivity contribution < 1.29 is 8.42 Å². The third-order valence-corrected chi connectivity index (χ3v) is 5.36. The van der Waals surface area contributed by atoms with E-state index in [1.807, 2.05) is 30.3 Å². The number of hydrogen-bond donors (Lipinski definition) is 1. The smallest absolute Gasteiger partial charge is 0.211 e. The number of halogens is 2. The van der Waals surface area contributed by atoms with Crippen molar-refractivity contribution in [3.05, 3.63) is 70.7 Å². The molecule has 21 heavy (non-hydrogen) atoms. The minimum Gasteiger partial charge on any atom is -0.211 e. The average molecular weight is 343 g/mol. The quantitative estimate of drug-likeness (QED) is 0.818. The van der Waals surface area contributed by atoms with Gasteiger partial charge in [0, 0.05) is 18.0 Å². The largest absolute Gasteiger partial charge is 0.229 e.